The molecule has 7 nitrogen and oxygen atoms in total. The Morgan fingerprint density at radius 3 is 2.73 bits per heavy atom. The van der Waals surface area contributed by atoms with Gasteiger partial charge in [0.05, 0.1) is 37.6 Å². The second kappa shape index (κ2) is 12.2. The van der Waals surface area contributed by atoms with E-state index >= 15 is 0 Å². The topological polar surface area (TPSA) is 93.7 Å². The van der Waals surface area contributed by atoms with E-state index in [4.69, 9.17) is 14.7 Å². The Kier molecular flexibility index (Phi) is 8.70. The lowest BCUT2D eigenvalue weighted by molar-refractivity contribution is -0.139. The van der Waals surface area contributed by atoms with E-state index in [1.54, 1.807) is 36.6 Å². The van der Waals surface area contributed by atoms with Gasteiger partial charge < -0.3 is 9.47 Å². The summed E-state index contributed by atoms with van der Waals surface area (Å²) in [5.41, 5.74) is 2.89. The molecule has 4 aromatic rings. The maximum atomic E-state index is 13.9. The van der Waals surface area contributed by atoms with Crippen molar-refractivity contribution in [3.05, 3.63) is 114 Å². The fraction of sp³-hybridized carbons (Fsp3) is 0.172. The molecule has 0 saturated carbocycles. The van der Waals surface area contributed by atoms with Crippen molar-refractivity contribution >= 4 is 73.2 Å². The molecule has 5 rings (SSSR count). The molecule has 0 fully saturated rings. The Bertz CT molecular complexity index is 1850. The number of carbonyl (C=O) groups is 1. The third kappa shape index (κ3) is 5.72. The van der Waals surface area contributed by atoms with Gasteiger partial charge in [-0.2, -0.15) is 5.26 Å². The highest BCUT2D eigenvalue weighted by Gasteiger charge is 2.34. The number of fused-ring (bicyclic) bond motifs is 1. The number of thiophene rings is 1. The molecule has 0 bridgehead atoms. The number of aromatic nitrogens is 1. The van der Waals surface area contributed by atoms with Gasteiger partial charge in [-0.15, -0.1) is 11.3 Å². The summed E-state index contributed by atoms with van der Waals surface area (Å²) in [6.07, 6.45) is 1.81. The number of carbonyl (C=O) groups excluding carboxylic acids is 1. The molecule has 1 aliphatic heterocycles. The van der Waals surface area contributed by atoms with Crippen molar-refractivity contribution < 1.29 is 14.3 Å². The van der Waals surface area contributed by atoms with Crippen LogP contribution in [0.5, 0.6) is 5.75 Å². The maximum Gasteiger partial charge on any atom is 0.338 e. The molecule has 202 valence electrons. The number of benzene rings is 2. The largest absolute Gasteiger partial charge is 0.487 e. The van der Waals surface area contributed by atoms with Crippen LogP contribution in [0.15, 0.2) is 79.4 Å². The van der Waals surface area contributed by atoms with Crippen molar-refractivity contribution in [3.63, 3.8) is 0 Å². The second-order valence-electron chi connectivity index (χ2n) is 8.72. The third-order valence-electron chi connectivity index (χ3n) is 6.12. The van der Waals surface area contributed by atoms with Gasteiger partial charge in [0.1, 0.15) is 18.4 Å². The number of rotatable bonds is 7. The van der Waals surface area contributed by atoms with Crippen LogP contribution in [0, 0.1) is 14.9 Å². The summed E-state index contributed by atoms with van der Waals surface area (Å²) in [4.78, 5) is 32.9. The summed E-state index contributed by atoms with van der Waals surface area (Å²) in [5.74, 6) is 0.161. The minimum atomic E-state index is -0.618. The van der Waals surface area contributed by atoms with Crippen molar-refractivity contribution in [1.29, 1.82) is 5.26 Å². The average Bonchev–Trinajstić information content (AvgIpc) is 3.56. The number of nitriles is 1. The van der Waals surface area contributed by atoms with Crippen LogP contribution < -0.4 is 19.6 Å². The van der Waals surface area contributed by atoms with E-state index in [1.807, 2.05) is 41.8 Å². The number of esters is 1. The van der Waals surface area contributed by atoms with Crippen LogP contribution >= 0.6 is 61.2 Å². The normalized spacial score (nSPS) is 14.9. The van der Waals surface area contributed by atoms with Crippen LogP contribution in [0.4, 0.5) is 0 Å². The van der Waals surface area contributed by atoms with Gasteiger partial charge in [-0.3, -0.25) is 9.36 Å². The smallest absolute Gasteiger partial charge is 0.338 e. The first-order valence-electron chi connectivity index (χ1n) is 12.1. The quantitative estimate of drug-likeness (QED) is 0.180. The molecular formula is C29H21BrIN3O4S2. The molecule has 40 heavy (non-hydrogen) atoms. The summed E-state index contributed by atoms with van der Waals surface area (Å²) in [6, 6.07) is 16.4. The Hall–Kier alpha value is -3.05. The number of nitrogens with zero attached hydrogens (tertiary/aromatic N) is 3. The Morgan fingerprint density at radius 2 is 2.05 bits per heavy atom. The van der Waals surface area contributed by atoms with Gasteiger partial charge in [0.25, 0.3) is 5.56 Å². The molecule has 0 amide bonds. The molecule has 1 aliphatic rings. The van der Waals surface area contributed by atoms with Crippen LogP contribution in [0.2, 0.25) is 0 Å². The number of allylic oxidation sites excluding steroid dienone is 1. The van der Waals surface area contributed by atoms with E-state index in [0.717, 1.165) is 24.0 Å². The Balaban J connectivity index is 1.60. The van der Waals surface area contributed by atoms with Crippen LogP contribution in [-0.2, 0) is 16.1 Å². The molecule has 11 heteroatoms. The van der Waals surface area contributed by atoms with Crippen LogP contribution in [0.3, 0.4) is 0 Å². The number of ether oxygens (including phenoxy) is 2. The van der Waals surface area contributed by atoms with Gasteiger partial charge >= 0.3 is 5.97 Å². The zero-order valence-corrected chi connectivity index (χ0v) is 26.7. The van der Waals surface area contributed by atoms with Crippen molar-refractivity contribution in [3.8, 4) is 11.8 Å². The van der Waals surface area contributed by atoms with E-state index in [-0.39, 0.29) is 12.2 Å². The van der Waals surface area contributed by atoms with E-state index in [9.17, 15) is 9.59 Å². The SMILES string of the molecule is CCOC(=O)C1=C(C)N=c2s/c(=C\c3cc(Br)cc(I)c3OCc3ccc(C#N)cc3)c(=O)n2[C@@H]1c1cccs1. The monoisotopic (exact) mass is 745 g/mol. The van der Waals surface area contributed by atoms with Crippen LogP contribution in [-0.4, -0.2) is 17.1 Å². The summed E-state index contributed by atoms with van der Waals surface area (Å²) in [7, 11) is 0. The molecule has 0 spiro atoms. The zero-order chi connectivity index (χ0) is 28.4. The maximum absolute atomic E-state index is 13.9. The number of hydrogen-bond acceptors (Lipinski definition) is 8. The molecule has 1 atom stereocenters. The van der Waals surface area contributed by atoms with Crippen LogP contribution in [0.1, 0.15) is 41.5 Å². The fourth-order valence-electron chi connectivity index (χ4n) is 4.32. The van der Waals surface area contributed by atoms with Gasteiger partial charge in [-0.1, -0.05) is 45.5 Å². The molecule has 0 N–H and O–H groups in total. The molecule has 0 aliphatic carbocycles. The van der Waals surface area contributed by atoms with E-state index in [0.29, 0.717) is 38.5 Å². The molecule has 0 radical (unpaired) electrons. The summed E-state index contributed by atoms with van der Waals surface area (Å²) in [6.45, 7) is 4.05. The lowest BCUT2D eigenvalue weighted by atomic mass is 10.0. The highest BCUT2D eigenvalue weighted by molar-refractivity contribution is 14.1. The van der Waals surface area contributed by atoms with E-state index in [1.165, 1.54) is 22.7 Å². The minimum absolute atomic E-state index is 0.226. The third-order valence-corrected chi connectivity index (χ3v) is 9.29. The predicted molar refractivity (Wildman–Crippen MR) is 167 cm³/mol. The van der Waals surface area contributed by atoms with E-state index in [2.05, 4.69) is 49.6 Å². The molecule has 0 saturated heterocycles. The predicted octanol–water partition coefficient (Wildman–Crippen LogP) is 5.68. The van der Waals surface area contributed by atoms with Crippen molar-refractivity contribution in [2.24, 2.45) is 4.99 Å². The number of hydrogen-bond donors (Lipinski definition) is 0. The fourth-order valence-corrected chi connectivity index (χ4v) is 7.89. The summed E-state index contributed by atoms with van der Waals surface area (Å²) < 4.78 is 15.3. The van der Waals surface area contributed by atoms with Gasteiger partial charge in [0.2, 0.25) is 0 Å². The number of thiazole rings is 1. The van der Waals surface area contributed by atoms with E-state index < -0.39 is 12.0 Å². The first kappa shape index (κ1) is 28.5. The molecule has 3 heterocycles. The first-order chi connectivity index (χ1) is 19.3. The number of halogens is 2. The van der Waals surface area contributed by atoms with Crippen molar-refractivity contribution in [2.45, 2.75) is 26.5 Å². The zero-order valence-electron chi connectivity index (χ0n) is 21.3. The lowest BCUT2D eigenvalue weighted by Gasteiger charge is -2.23. The summed E-state index contributed by atoms with van der Waals surface area (Å²) >= 11 is 8.52. The summed E-state index contributed by atoms with van der Waals surface area (Å²) in [5, 5.41) is 11.0. The van der Waals surface area contributed by atoms with Crippen molar-refractivity contribution in [1.82, 2.24) is 4.57 Å². The standard InChI is InChI=1S/C29H21BrIN3O4S2/c1-3-37-28(36)24-16(2)33-29-34(25(24)22-5-4-10-39-22)27(35)23(40-29)12-19-11-20(30)13-21(31)26(19)38-15-18-8-6-17(14-32)7-9-18/h4-13,25H,3,15H2,1-2H3/b23-12-/t25-/m1/s1. The highest BCUT2D eigenvalue weighted by atomic mass is 127. The molecule has 0 unspecified atom stereocenters. The minimum Gasteiger partial charge on any atom is -0.487 e. The van der Waals surface area contributed by atoms with Gasteiger partial charge in [-0.05, 0) is 83.8 Å². The van der Waals surface area contributed by atoms with Crippen molar-refractivity contribution in [2.75, 3.05) is 6.61 Å². The van der Waals surface area contributed by atoms with Crippen LogP contribution in [0.25, 0.3) is 6.08 Å². The average molecular weight is 746 g/mol. The first-order valence-corrected chi connectivity index (χ1v) is 15.7. The highest BCUT2D eigenvalue weighted by Crippen LogP contribution is 2.34. The Morgan fingerprint density at radius 1 is 1.27 bits per heavy atom. The van der Waals surface area contributed by atoms with Gasteiger partial charge in [-0.25, -0.2) is 9.79 Å². The van der Waals surface area contributed by atoms with Gasteiger partial charge in [0.15, 0.2) is 4.80 Å². The molecule has 2 aromatic carbocycles. The lowest BCUT2D eigenvalue weighted by Crippen LogP contribution is -2.39. The second-order valence-corrected chi connectivity index (χ2v) is 12.8. The van der Waals surface area contributed by atoms with Gasteiger partial charge in [0, 0.05) is 14.9 Å². The molecular weight excluding hydrogens is 725 g/mol. The Labute approximate surface area is 260 Å². The molecule has 2 aromatic heterocycles.